The van der Waals surface area contributed by atoms with Gasteiger partial charge < -0.3 is 5.32 Å². The van der Waals surface area contributed by atoms with Crippen LogP contribution < -0.4 is 5.32 Å². The van der Waals surface area contributed by atoms with E-state index in [1.54, 1.807) is 0 Å². The molecule has 1 heterocycles. The van der Waals surface area contributed by atoms with Crippen LogP contribution >= 0.6 is 0 Å². The van der Waals surface area contributed by atoms with E-state index in [-0.39, 0.29) is 0 Å². The average molecular weight is 235 g/mol. The van der Waals surface area contributed by atoms with E-state index in [1.807, 2.05) is 13.2 Å². The molecule has 1 rings (SSSR count). The first-order valence-electron chi connectivity index (χ1n) is 6.60. The highest BCUT2D eigenvalue weighted by molar-refractivity contribution is 5.13. The Morgan fingerprint density at radius 2 is 2.12 bits per heavy atom. The van der Waals surface area contributed by atoms with Gasteiger partial charge in [-0.1, -0.05) is 26.3 Å². The molecule has 1 N–H and O–H groups in total. The Morgan fingerprint density at radius 1 is 1.29 bits per heavy atom. The van der Waals surface area contributed by atoms with E-state index in [9.17, 15) is 0 Å². The quantitative estimate of drug-likeness (QED) is 0.750. The maximum atomic E-state index is 4.51. The van der Waals surface area contributed by atoms with Gasteiger partial charge in [-0.2, -0.15) is 0 Å². The summed E-state index contributed by atoms with van der Waals surface area (Å²) in [7, 11) is 1.96. The number of nitrogens with zero attached hydrogens (tertiary/aromatic N) is 2. The first kappa shape index (κ1) is 14.1. The molecule has 0 spiro atoms. The van der Waals surface area contributed by atoms with E-state index >= 15 is 0 Å². The van der Waals surface area contributed by atoms with Crippen molar-refractivity contribution in [2.45, 2.75) is 39.8 Å². The predicted octanol–water partition coefficient (Wildman–Crippen LogP) is 2.42. The molecule has 0 saturated heterocycles. The molecule has 0 aliphatic carbocycles. The van der Waals surface area contributed by atoms with Crippen molar-refractivity contribution in [2.75, 3.05) is 20.1 Å². The predicted molar refractivity (Wildman–Crippen MR) is 72.9 cm³/mol. The van der Waals surface area contributed by atoms with Gasteiger partial charge in [-0.3, -0.25) is 9.88 Å². The molecule has 0 amide bonds. The van der Waals surface area contributed by atoms with Crippen LogP contribution in [-0.2, 0) is 13.1 Å². The zero-order chi connectivity index (χ0) is 12.5. The van der Waals surface area contributed by atoms with Gasteiger partial charge >= 0.3 is 0 Å². The van der Waals surface area contributed by atoms with Crippen molar-refractivity contribution in [3.8, 4) is 0 Å². The standard InChI is InChI=1S/C14H25N3/c1-4-6-9-17(5-2)12-14-8-7-13(10-15-3)11-16-14/h7-8,11,15H,4-6,9-10,12H2,1-3H3. The van der Waals surface area contributed by atoms with E-state index in [0.717, 1.165) is 19.6 Å². The number of rotatable bonds is 8. The van der Waals surface area contributed by atoms with E-state index in [2.05, 4.69) is 41.2 Å². The molecule has 0 aliphatic heterocycles. The van der Waals surface area contributed by atoms with Gasteiger partial charge in [0.2, 0.25) is 0 Å². The maximum absolute atomic E-state index is 4.51. The summed E-state index contributed by atoms with van der Waals surface area (Å²) in [5, 5.41) is 3.13. The lowest BCUT2D eigenvalue weighted by Gasteiger charge is -2.19. The van der Waals surface area contributed by atoms with Crippen LogP contribution in [0.3, 0.4) is 0 Å². The Morgan fingerprint density at radius 3 is 2.65 bits per heavy atom. The van der Waals surface area contributed by atoms with Gasteiger partial charge in [0.15, 0.2) is 0 Å². The molecule has 96 valence electrons. The second-order valence-electron chi connectivity index (χ2n) is 4.41. The molecule has 0 atom stereocenters. The Hall–Kier alpha value is -0.930. The summed E-state index contributed by atoms with van der Waals surface area (Å²) < 4.78 is 0. The SMILES string of the molecule is CCCCN(CC)Cc1ccc(CNC)cn1. The van der Waals surface area contributed by atoms with Gasteiger partial charge in [-0.25, -0.2) is 0 Å². The zero-order valence-electron chi connectivity index (χ0n) is 11.4. The number of pyridine rings is 1. The van der Waals surface area contributed by atoms with Crippen molar-refractivity contribution in [3.63, 3.8) is 0 Å². The molecule has 0 aliphatic rings. The Balaban J connectivity index is 2.48. The van der Waals surface area contributed by atoms with Crippen LogP contribution in [0.25, 0.3) is 0 Å². The molecule has 0 radical (unpaired) electrons. The van der Waals surface area contributed by atoms with Crippen molar-refractivity contribution in [1.82, 2.24) is 15.2 Å². The minimum Gasteiger partial charge on any atom is -0.316 e. The van der Waals surface area contributed by atoms with Crippen LogP contribution in [0.2, 0.25) is 0 Å². The molecule has 0 saturated carbocycles. The van der Waals surface area contributed by atoms with E-state index in [1.165, 1.54) is 30.6 Å². The van der Waals surface area contributed by atoms with Crippen molar-refractivity contribution < 1.29 is 0 Å². The third kappa shape index (κ3) is 5.29. The third-order valence-corrected chi connectivity index (χ3v) is 2.93. The van der Waals surface area contributed by atoms with Gasteiger partial charge in [0, 0.05) is 19.3 Å². The van der Waals surface area contributed by atoms with Crippen LogP contribution in [0.15, 0.2) is 18.3 Å². The molecular formula is C14H25N3. The van der Waals surface area contributed by atoms with Crippen molar-refractivity contribution >= 4 is 0 Å². The summed E-state index contributed by atoms with van der Waals surface area (Å²) in [4.78, 5) is 6.96. The van der Waals surface area contributed by atoms with E-state index in [0.29, 0.717) is 0 Å². The monoisotopic (exact) mass is 235 g/mol. The van der Waals surface area contributed by atoms with Crippen LogP contribution in [-0.4, -0.2) is 30.0 Å². The van der Waals surface area contributed by atoms with E-state index < -0.39 is 0 Å². The van der Waals surface area contributed by atoms with Crippen LogP contribution in [0, 0.1) is 0 Å². The number of hydrogen-bond acceptors (Lipinski definition) is 3. The average Bonchev–Trinajstić information content (AvgIpc) is 2.37. The van der Waals surface area contributed by atoms with Crippen molar-refractivity contribution in [2.24, 2.45) is 0 Å². The fourth-order valence-corrected chi connectivity index (χ4v) is 1.82. The lowest BCUT2D eigenvalue weighted by atomic mass is 10.2. The Kier molecular flexibility index (Phi) is 6.82. The number of aromatic nitrogens is 1. The summed E-state index contributed by atoms with van der Waals surface area (Å²) in [6.07, 6.45) is 4.50. The lowest BCUT2D eigenvalue weighted by molar-refractivity contribution is 0.272. The van der Waals surface area contributed by atoms with Crippen molar-refractivity contribution in [1.29, 1.82) is 0 Å². The van der Waals surface area contributed by atoms with Crippen molar-refractivity contribution in [3.05, 3.63) is 29.6 Å². The lowest BCUT2D eigenvalue weighted by Crippen LogP contribution is -2.24. The van der Waals surface area contributed by atoms with Gasteiger partial charge in [-0.05, 0) is 38.2 Å². The van der Waals surface area contributed by atoms with Gasteiger partial charge in [0.1, 0.15) is 0 Å². The first-order chi connectivity index (χ1) is 8.30. The largest absolute Gasteiger partial charge is 0.316 e. The maximum Gasteiger partial charge on any atom is 0.0544 e. The molecule has 0 unspecified atom stereocenters. The Bertz CT molecular complexity index is 295. The minimum absolute atomic E-state index is 0.889. The van der Waals surface area contributed by atoms with Crippen LogP contribution in [0.4, 0.5) is 0 Å². The second-order valence-corrected chi connectivity index (χ2v) is 4.41. The highest BCUT2D eigenvalue weighted by Crippen LogP contribution is 2.05. The first-order valence-corrected chi connectivity index (χ1v) is 6.60. The summed E-state index contributed by atoms with van der Waals surface area (Å²) >= 11 is 0. The molecule has 1 aromatic heterocycles. The van der Waals surface area contributed by atoms with Gasteiger partial charge in [0.05, 0.1) is 5.69 Å². The van der Waals surface area contributed by atoms with Crippen LogP contribution in [0.5, 0.6) is 0 Å². The van der Waals surface area contributed by atoms with Gasteiger partial charge in [-0.15, -0.1) is 0 Å². The third-order valence-electron chi connectivity index (χ3n) is 2.93. The molecule has 0 bridgehead atoms. The summed E-state index contributed by atoms with van der Waals surface area (Å²) in [6, 6.07) is 4.30. The molecule has 17 heavy (non-hydrogen) atoms. The molecular weight excluding hydrogens is 210 g/mol. The normalized spacial score (nSPS) is 11.1. The van der Waals surface area contributed by atoms with Crippen LogP contribution in [0.1, 0.15) is 37.9 Å². The molecule has 3 nitrogen and oxygen atoms in total. The molecule has 3 heteroatoms. The summed E-state index contributed by atoms with van der Waals surface area (Å²) in [5.74, 6) is 0. The number of nitrogens with one attached hydrogen (secondary N) is 1. The molecule has 0 aromatic carbocycles. The smallest absolute Gasteiger partial charge is 0.0544 e. The molecule has 0 fully saturated rings. The summed E-state index contributed by atoms with van der Waals surface area (Å²) in [5.41, 5.74) is 2.41. The highest BCUT2D eigenvalue weighted by Gasteiger charge is 2.04. The number of hydrogen-bond donors (Lipinski definition) is 1. The molecule has 1 aromatic rings. The zero-order valence-corrected chi connectivity index (χ0v) is 11.4. The summed E-state index contributed by atoms with van der Waals surface area (Å²) in [6.45, 7) is 8.58. The topological polar surface area (TPSA) is 28.2 Å². The fourth-order valence-electron chi connectivity index (χ4n) is 1.82. The number of unbranched alkanes of at least 4 members (excludes halogenated alkanes) is 1. The minimum atomic E-state index is 0.889. The fraction of sp³-hybridized carbons (Fsp3) is 0.643. The van der Waals surface area contributed by atoms with Gasteiger partial charge in [0.25, 0.3) is 0 Å². The highest BCUT2D eigenvalue weighted by atomic mass is 15.1. The Labute approximate surface area is 105 Å². The second kappa shape index (κ2) is 8.20. The van der Waals surface area contributed by atoms with E-state index in [4.69, 9.17) is 0 Å².